The number of nitriles is 1. The molecule has 1 aliphatic heterocycles. The minimum atomic E-state index is 0.487. The van der Waals surface area contributed by atoms with Crippen LogP contribution in [0.15, 0.2) is 18.3 Å². The number of rotatable bonds is 3. The van der Waals surface area contributed by atoms with Crippen molar-refractivity contribution in [2.45, 2.75) is 25.3 Å². The van der Waals surface area contributed by atoms with Crippen LogP contribution in [0.5, 0.6) is 5.88 Å². The number of aromatic nitrogens is 1. The number of hydrogen-bond donors (Lipinski definition) is 0. The molecule has 1 fully saturated rings. The molecule has 1 unspecified atom stereocenters. The molecule has 0 radical (unpaired) electrons. The lowest BCUT2D eigenvalue weighted by atomic mass is 10.0. The molecule has 0 spiro atoms. The molecule has 1 aliphatic rings. The Balaban J connectivity index is 1.86. The van der Waals surface area contributed by atoms with Crippen LogP contribution in [0.4, 0.5) is 0 Å². The molecule has 0 amide bonds. The first kappa shape index (κ1) is 11.9. The third-order valence-corrected chi connectivity index (χ3v) is 3.21. The van der Waals surface area contributed by atoms with E-state index in [9.17, 15) is 0 Å². The Morgan fingerprint density at radius 3 is 3.06 bits per heavy atom. The monoisotopic (exact) mass is 231 g/mol. The number of piperidine rings is 1. The van der Waals surface area contributed by atoms with Crippen LogP contribution >= 0.6 is 0 Å². The fourth-order valence-corrected chi connectivity index (χ4v) is 2.07. The van der Waals surface area contributed by atoms with E-state index in [2.05, 4.69) is 16.9 Å². The van der Waals surface area contributed by atoms with Gasteiger partial charge in [-0.3, -0.25) is 0 Å². The van der Waals surface area contributed by atoms with Gasteiger partial charge in [-0.15, -0.1) is 0 Å². The largest absolute Gasteiger partial charge is 0.476 e. The average molecular weight is 231 g/mol. The van der Waals surface area contributed by atoms with E-state index in [4.69, 9.17) is 10.00 Å². The van der Waals surface area contributed by atoms with Gasteiger partial charge in [0.25, 0.3) is 0 Å². The Bertz CT molecular complexity index is 396. The van der Waals surface area contributed by atoms with Gasteiger partial charge in [-0.25, -0.2) is 4.98 Å². The van der Waals surface area contributed by atoms with Crippen molar-refractivity contribution in [3.63, 3.8) is 0 Å². The van der Waals surface area contributed by atoms with Crippen molar-refractivity contribution >= 4 is 0 Å². The maximum Gasteiger partial charge on any atom is 0.213 e. The Hall–Kier alpha value is -1.60. The van der Waals surface area contributed by atoms with Crippen LogP contribution in [0.3, 0.4) is 0 Å². The van der Waals surface area contributed by atoms with E-state index in [1.165, 1.54) is 19.3 Å². The van der Waals surface area contributed by atoms with E-state index in [-0.39, 0.29) is 0 Å². The van der Waals surface area contributed by atoms with Gasteiger partial charge in [0.2, 0.25) is 5.88 Å². The number of nitrogens with zero attached hydrogens (tertiary/aromatic N) is 3. The molecule has 2 heterocycles. The highest BCUT2D eigenvalue weighted by molar-refractivity contribution is 5.28. The lowest BCUT2D eigenvalue weighted by Gasteiger charge is -2.31. The van der Waals surface area contributed by atoms with Crippen LogP contribution < -0.4 is 4.74 Å². The number of likely N-dealkylation sites (tertiary alicyclic amines) is 1. The van der Waals surface area contributed by atoms with Crippen LogP contribution in [-0.2, 0) is 0 Å². The van der Waals surface area contributed by atoms with E-state index in [1.807, 2.05) is 6.07 Å². The molecular formula is C13H17N3O. The zero-order valence-corrected chi connectivity index (χ0v) is 10.1. The SMILES string of the molecule is CN1CCCCC1COc1ccc(C#N)cn1. The summed E-state index contributed by atoms with van der Waals surface area (Å²) in [5.74, 6) is 0.600. The molecule has 0 N–H and O–H groups in total. The molecule has 90 valence electrons. The zero-order valence-electron chi connectivity index (χ0n) is 10.1. The highest BCUT2D eigenvalue weighted by Gasteiger charge is 2.19. The van der Waals surface area contributed by atoms with Crippen LogP contribution in [0.25, 0.3) is 0 Å². The summed E-state index contributed by atoms with van der Waals surface area (Å²) in [6.45, 7) is 1.82. The summed E-state index contributed by atoms with van der Waals surface area (Å²) in [4.78, 5) is 6.44. The molecule has 4 nitrogen and oxygen atoms in total. The molecule has 4 heteroatoms. The lowest BCUT2D eigenvalue weighted by Crippen LogP contribution is -2.40. The van der Waals surface area contributed by atoms with Crippen LogP contribution in [0.1, 0.15) is 24.8 Å². The van der Waals surface area contributed by atoms with Crippen molar-refractivity contribution in [3.8, 4) is 11.9 Å². The average Bonchev–Trinajstić information content (AvgIpc) is 2.38. The third-order valence-electron chi connectivity index (χ3n) is 3.21. The van der Waals surface area contributed by atoms with Gasteiger partial charge >= 0.3 is 0 Å². The molecule has 1 aromatic rings. The molecule has 0 saturated carbocycles. The van der Waals surface area contributed by atoms with Crippen molar-refractivity contribution in [3.05, 3.63) is 23.9 Å². The first-order valence-electron chi connectivity index (χ1n) is 5.99. The molecule has 1 saturated heterocycles. The molecule has 2 rings (SSSR count). The van der Waals surface area contributed by atoms with Gasteiger partial charge in [0.15, 0.2) is 0 Å². The minimum Gasteiger partial charge on any atom is -0.476 e. The molecule has 1 atom stereocenters. The molecule has 1 aromatic heterocycles. The highest BCUT2D eigenvalue weighted by Crippen LogP contribution is 2.16. The standard InChI is InChI=1S/C13H17N3O/c1-16-7-3-2-4-12(16)10-17-13-6-5-11(8-14)9-15-13/h5-6,9,12H,2-4,7,10H2,1H3. The van der Waals surface area contributed by atoms with Gasteiger partial charge < -0.3 is 9.64 Å². The van der Waals surface area contributed by atoms with Gasteiger partial charge in [0.1, 0.15) is 12.7 Å². The first-order chi connectivity index (χ1) is 8.29. The number of pyridine rings is 1. The third kappa shape index (κ3) is 3.18. The summed E-state index contributed by atoms with van der Waals surface area (Å²) in [6, 6.07) is 6.01. The topological polar surface area (TPSA) is 49.1 Å². The van der Waals surface area contributed by atoms with Gasteiger partial charge in [-0.2, -0.15) is 5.26 Å². The molecule has 0 aliphatic carbocycles. The van der Waals surface area contributed by atoms with Crippen molar-refractivity contribution in [1.29, 1.82) is 5.26 Å². The van der Waals surface area contributed by atoms with E-state index < -0.39 is 0 Å². The summed E-state index contributed by atoms with van der Waals surface area (Å²) in [5.41, 5.74) is 0.562. The van der Waals surface area contributed by atoms with Crippen molar-refractivity contribution in [2.75, 3.05) is 20.2 Å². The van der Waals surface area contributed by atoms with Gasteiger partial charge in [-0.1, -0.05) is 6.42 Å². The van der Waals surface area contributed by atoms with Gasteiger partial charge in [0.05, 0.1) is 5.56 Å². The van der Waals surface area contributed by atoms with Crippen molar-refractivity contribution in [1.82, 2.24) is 9.88 Å². The van der Waals surface area contributed by atoms with Gasteiger partial charge in [0, 0.05) is 18.3 Å². The van der Waals surface area contributed by atoms with Crippen molar-refractivity contribution in [2.24, 2.45) is 0 Å². The predicted octanol–water partition coefficient (Wildman–Crippen LogP) is 1.82. The Morgan fingerprint density at radius 1 is 1.53 bits per heavy atom. The van der Waals surface area contributed by atoms with E-state index in [0.29, 0.717) is 24.1 Å². The maximum absolute atomic E-state index is 8.66. The normalized spacial score (nSPS) is 20.8. The summed E-state index contributed by atoms with van der Waals surface area (Å²) < 4.78 is 5.65. The van der Waals surface area contributed by atoms with Crippen LogP contribution in [0, 0.1) is 11.3 Å². The maximum atomic E-state index is 8.66. The lowest BCUT2D eigenvalue weighted by molar-refractivity contribution is 0.122. The first-order valence-corrected chi connectivity index (χ1v) is 5.99. The fourth-order valence-electron chi connectivity index (χ4n) is 2.07. The highest BCUT2D eigenvalue weighted by atomic mass is 16.5. The number of hydrogen-bond acceptors (Lipinski definition) is 4. The fraction of sp³-hybridized carbons (Fsp3) is 0.538. The zero-order chi connectivity index (χ0) is 12.1. The quantitative estimate of drug-likeness (QED) is 0.796. The second kappa shape index (κ2) is 5.65. The predicted molar refractivity (Wildman–Crippen MR) is 64.7 cm³/mol. The van der Waals surface area contributed by atoms with Crippen LogP contribution in [0.2, 0.25) is 0 Å². The van der Waals surface area contributed by atoms with E-state index >= 15 is 0 Å². The Labute approximate surface area is 102 Å². The summed E-state index contributed by atoms with van der Waals surface area (Å²) in [6.07, 6.45) is 5.29. The molecule has 0 aromatic carbocycles. The molecule has 17 heavy (non-hydrogen) atoms. The van der Waals surface area contributed by atoms with Crippen LogP contribution in [-0.4, -0.2) is 36.1 Å². The Morgan fingerprint density at radius 2 is 2.41 bits per heavy atom. The Kier molecular flexibility index (Phi) is 3.94. The number of likely N-dealkylation sites (N-methyl/N-ethyl adjacent to an activating group) is 1. The molecule has 0 bridgehead atoms. The summed E-state index contributed by atoms with van der Waals surface area (Å²) in [5, 5.41) is 8.66. The summed E-state index contributed by atoms with van der Waals surface area (Å²) >= 11 is 0. The number of ether oxygens (including phenoxy) is 1. The molecular weight excluding hydrogens is 214 g/mol. The minimum absolute atomic E-state index is 0.487. The van der Waals surface area contributed by atoms with E-state index in [1.54, 1.807) is 18.3 Å². The smallest absolute Gasteiger partial charge is 0.213 e. The van der Waals surface area contributed by atoms with Gasteiger partial charge in [-0.05, 0) is 32.5 Å². The summed E-state index contributed by atoms with van der Waals surface area (Å²) in [7, 11) is 2.14. The second-order valence-corrected chi connectivity index (χ2v) is 4.44. The second-order valence-electron chi connectivity index (χ2n) is 4.44. The van der Waals surface area contributed by atoms with Crippen molar-refractivity contribution < 1.29 is 4.74 Å². The van der Waals surface area contributed by atoms with E-state index in [0.717, 1.165) is 6.54 Å².